The zero-order valence-electron chi connectivity index (χ0n) is 11.3. The Hall–Kier alpha value is -0.890. The summed E-state index contributed by atoms with van der Waals surface area (Å²) in [6.07, 6.45) is 9.69. The van der Waals surface area contributed by atoms with Crippen molar-refractivity contribution in [3.63, 3.8) is 0 Å². The molecule has 1 unspecified atom stereocenters. The van der Waals surface area contributed by atoms with Crippen LogP contribution in [0.4, 0.5) is 0 Å². The summed E-state index contributed by atoms with van der Waals surface area (Å²) in [6, 6.07) is 2.07. The lowest BCUT2D eigenvalue weighted by atomic mass is 9.80. The van der Waals surface area contributed by atoms with Gasteiger partial charge in [-0.25, -0.2) is 0 Å². The molecule has 1 aromatic rings. The summed E-state index contributed by atoms with van der Waals surface area (Å²) in [5.41, 5.74) is 9.47. The van der Waals surface area contributed by atoms with Gasteiger partial charge in [0.2, 0.25) is 0 Å². The Balaban J connectivity index is 2.28. The van der Waals surface area contributed by atoms with Gasteiger partial charge < -0.3 is 5.73 Å². The molecule has 17 heavy (non-hydrogen) atoms. The zero-order valence-corrected chi connectivity index (χ0v) is 11.3. The van der Waals surface area contributed by atoms with Crippen LogP contribution in [-0.2, 0) is 5.54 Å². The Morgan fingerprint density at radius 1 is 1.18 bits per heavy atom. The standard InChI is InChI=1S/C15H24N2/c1-12-5-10-17-11-13(12)15(16)7-4-6-14(2,3)8-9-15/h5,10-11H,4,6-9,16H2,1-3H3. The van der Waals surface area contributed by atoms with Crippen molar-refractivity contribution >= 4 is 0 Å². The Morgan fingerprint density at radius 3 is 2.65 bits per heavy atom. The highest BCUT2D eigenvalue weighted by Gasteiger charge is 2.34. The molecule has 1 aromatic heterocycles. The van der Waals surface area contributed by atoms with E-state index in [4.69, 9.17) is 5.73 Å². The van der Waals surface area contributed by atoms with E-state index in [0.717, 1.165) is 12.8 Å². The molecule has 1 aliphatic rings. The normalized spacial score (nSPS) is 28.7. The highest BCUT2D eigenvalue weighted by molar-refractivity contribution is 5.29. The largest absolute Gasteiger partial charge is 0.321 e. The molecule has 0 radical (unpaired) electrons. The van der Waals surface area contributed by atoms with E-state index >= 15 is 0 Å². The van der Waals surface area contributed by atoms with Gasteiger partial charge in [0.05, 0.1) is 0 Å². The Kier molecular flexibility index (Phi) is 3.26. The summed E-state index contributed by atoms with van der Waals surface area (Å²) >= 11 is 0. The summed E-state index contributed by atoms with van der Waals surface area (Å²) < 4.78 is 0. The van der Waals surface area contributed by atoms with E-state index in [2.05, 4.69) is 31.8 Å². The van der Waals surface area contributed by atoms with Gasteiger partial charge in [0.15, 0.2) is 0 Å². The summed E-state index contributed by atoms with van der Waals surface area (Å²) in [6.45, 7) is 6.85. The average Bonchev–Trinajstić information content (AvgIpc) is 2.40. The molecule has 1 aliphatic carbocycles. The van der Waals surface area contributed by atoms with Crippen molar-refractivity contribution < 1.29 is 0 Å². The second-order valence-electron chi connectivity index (χ2n) is 6.36. The highest BCUT2D eigenvalue weighted by atomic mass is 14.8. The van der Waals surface area contributed by atoms with Crippen LogP contribution in [0.5, 0.6) is 0 Å². The van der Waals surface area contributed by atoms with E-state index in [-0.39, 0.29) is 5.54 Å². The van der Waals surface area contributed by atoms with E-state index in [1.165, 1.54) is 30.4 Å². The summed E-state index contributed by atoms with van der Waals surface area (Å²) in [4.78, 5) is 4.25. The topological polar surface area (TPSA) is 38.9 Å². The molecular formula is C15H24N2. The van der Waals surface area contributed by atoms with Crippen molar-refractivity contribution in [3.8, 4) is 0 Å². The summed E-state index contributed by atoms with van der Waals surface area (Å²) in [5.74, 6) is 0. The van der Waals surface area contributed by atoms with Gasteiger partial charge in [-0.15, -0.1) is 0 Å². The molecule has 2 heteroatoms. The lowest BCUT2D eigenvalue weighted by molar-refractivity contribution is 0.298. The van der Waals surface area contributed by atoms with Crippen LogP contribution < -0.4 is 5.73 Å². The van der Waals surface area contributed by atoms with Gasteiger partial charge in [-0.1, -0.05) is 20.3 Å². The number of hydrogen-bond acceptors (Lipinski definition) is 2. The second-order valence-corrected chi connectivity index (χ2v) is 6.36. The van der Waals surface area contributed by atoms with Crippen molar-refractivity contribution in [3.05, 3.63) is 29.6 Å². The SMILES string of the molecule is Cc1ccncc1C1(N)CCCC(C)(C)CC1. The molecule has 2 N–H and O–H groups in total. The van der Waals surface area contributed by atoms with Crippen LogP contribution in [0.25, 0.3) is 0 Å². The van der Waals surface area contributed by atoms with Crippen LogP contribution in [0.1, 0.15) is 57.1 Å². The van der Waals surface area contributed by atoms with Gasteiger partial charge in [0.1, 0.15) is 0 Å². The van der Waals surface area contributed by atoms with Crippen molar-refractivity contribution in [2.45, 2.75) is 58.4 Å². The third kappa shape index (κ3) is 2.68. The Bertz CT molecular complexity index is 398. The molecule has 1 atom stereocenters. The predicted octanol–water partition coefficient (Wildman–Crippen LogP) is 3.53. The van der Waals surface area contributed by atoms with E-state index in [0.29, 0.717) is 5.41 Å². The molecule has 0 aromatic carbocycles. The first kappa shape index (κ1) is 12.6. The number of pyridine rings is 1. The summed E-state index contributed by atoms with van der Waals surface area (Å²) in [7, 11) is 0. The molecule has 94 valence electrons. The van der Waals surface area contributed by atoms with Gasteiger partial charge in [-0.2, -0.15) is 0 Å². The highest BCUT2D eigenvalue weighted by Crippen LogP contribution is 2.41. The van der Waals surface area contributed by atoms with Crippen LogP contribution >= 0.6 is 0 Å². The van der Waals surface area contributed by atoms with Gasteiger partial charge in [0.25, 0.3) is 0 Å². The average molecular weight is 232 g/mol. The first-order valence-electron chi connectivity index (χ1n) is 6.63. The lowest BCUT2D eigenvalue weighted by Gasteiger charge is -2.30. The molecule has 0 saturated heterocycles. The minimum Gasteiger partial charge on any atom is -0.321 e. The third-order valence-corrected chi connectivity index (χ3v) is 4.30. The molecule has 2 nitrogen and oxygen atoms in total. The molecule has 0 bridgehead atoms. The minimum atomic E-state index is -0.161. The fraction of sp³-hybridized carbons (Fsp3) is 0.667. The fourth-order valence-corrected chi connectivity index (χ4v) is 2.95. The van der Waals surface area contributed by atoms with Crippen molar-refractivity contribution in [2.75, 3.05) is 0 Å². The van der Waals surface area contributed by atoms with E-state index in [1.807, 2.05) is 12.4 Å². The number of nitrogens with zero attached hydrogens (tertiary/aromatic N) is 1. The van der Waals surface area contributed by atoms with E-state index in [9.17, 15) is 0 Å². The maximum Gasteiger partial charge on any atom is 0.0427 e. The van der Waals surface area contributed by atoms with Crippen LogP contribution in [0.2, 0.25) is 0 Å². The first-order valence-corrected chi connectivity index (χ1v) is 6.63. The fourth-order valence-electron chi connectivity index (χ4n) is 2.95. The van der Waals surface area contributed by atoms with Crippen LogP contribution in [0.15, 0.2) is 18.5 Å². The quantitative estimate of drug-likeness (QED) is 0.752. The molecular weight excluding hydrogens is 208 g/mol. The number of hydrogen-bond donors (Lipinski definition) is 1. The monoisotopic (exact) mass is 232 g/mol. The van der Waals surface area contributed by atoms with Crippen LogP contribution in [-0.4, -0.2) is 4.98 Å². The zero-order chi connectivity index (χ0) is 12.5. The number of aryl methyl sites for hydroxylation is 1. The molecule has 1 fully saturated rings. The Labute approximate surface area is 105 Å². The smallest absolute Gasteiger partial charge is 0.0427 e. The molecule has 0 aliphatic heterocycles. The Morgan fingerprint density at radius 2 is 1.94 bits per heavy atom. The third-order valence-electron chi connectivity index (χ3n) is 4.30. The number of aromatic nitrogens is 1. The molecule has 1 saturated carbocycles. The maximum atomic E-state index is 6.66. The second kappa shape index (κ2) is 4.41. The van der Waals surface area contributed by atoms with Gasteiger partial charge in [0, 0.05) is 17.9 Å². The van der Waals surface area contributed by atoms with E-state index in [1.54, 1.807) is 0 Å². The van der Waals surface area contributed by atoms with Crippen LogP contribution in [0, 0.1) is 12.3 Å². The van der Waals surface area contributed by atoms with Gasteiger partial charge >= 0.3 is 0 Å². The summed E-state index contributed by atoms with van der Waals surface area (Å²) in [5, 5.41) is 0. The molecule has 0 amide bonds. The minimum absolute atomic E-state index is 0.161. The molecule has 0 spiro atoms. The number of rotatable bonds is 1. The predicted molar refractivity (Wildman–Crippen MR) is 71.7 cm³/mol. The molecule has 1 heterocycles. The maximum absolute atomic E-state index is 6.66. The van der Waals surface area contributed by atoms with Crippen molar-refractivity contribution in [1.82, 2.24) is 4.98 Å². The molecule has 2 rings (SSSR count). The van der Waals surface area contributed by atoms with Gasteiger partial charge in [-0.05, 0) is 55.2 Å². The van der Waals surface area contributed by atoms with Gasteiger partial charge in [-0.3, -0.25) is 4.98 Å². The van der Waals surface area contributed by atoms with Crippen molar-refractivity contribution in [1.29, 1.82) is 0 Å². The van der Waals surface area contributed by atoms with Crippen LogP contribution in [0.3, 0.4) is 0 Å². The first-order chi connectivity index (χ1) is 7.93. The lowest BCUT2D eigenvalue weighted by Crippen LogP contribution is -2.37. The number of nitrogens with two attached hydrogens (primary N) is 1. The van der Waals surface area contributed by atoms with E-state index < -0.39 is 0 Å². The van der Waals surface area contributed by atoms with Crippen molar-refractivity contribution in [2.24, 2.45) is 11.1 Å².